The molecule has 0 unspecified atom stereocenters. The zero-order valence-corrected chi connectivity index (χ0v) is 15.9. The molecule has 27 heavy (non-hydrogen) atoms. The molecule has 1 aromatic heterocycles. The number of amides is 1. The maximum Gasteiger partial charge on any atom is 0.247 e. The molecule has 1 saturated heterocycles. The Balaban J connectivity index is 1.35. The van der Waals surface area contributed by atoms with Gasteiger partial charge in [0.25, 0.3) is 0 Å². The van der Waals surface area contributed by atoms with Crippen LogP contribution in [0.4, 0.5) is 0 Å². The van der Waals surface area contributed by atoms with Crippen LogP contribution < -0.4 is 5.32 Å². The molecule has 0 saturated carbocycles. The monoisotopic (exact) mass is 372 g/mol. The number of hydrogen-bond donors (Lipinski definition) is 1. The van der Waals surface area contributed by atoms with E-state index in [-0.39, 0.29) is 11.8 Å². The summed E-state index contributed by atoms with van der Waals surface area (Å²) in [7, 11) is 0. The van der Waals surface area contributed by atoms with Crippen molar-refractivity contribution in [1.29, 1.82) is 0 Å². The summed E-state index contributed by atoms with van der Waals surface area (Å²) in [6.07, 6.45) is 2.14. The number of para-hydroxylation sites is 1. The standard InChI is InChI=1S/C20H28N4O3/c1-16-17-6-2-3-7-18(17)24(22-16)20(26)9-4-8-19(25)21-10-5-11-23-12-14-27-15-13-23/h2-3,6-7H,4-5,8-15H2,1H3,(H,21,25). The van der Waals surface area contributed by atoms with Crippen molar-refractivity contribution in [2.24, 2.45) is 0 Å². The summed E-state index contributed by atoms with van der Waals surface area (Å²) in [4.78, 5) is 26.7. The first-order valence-electron chi connectivity index (χ1n) is 9.69. The summed E-state index contributed by atoms with van der Waals surface area (Å²) in [6.45, 7) is 7.09. The van der Waals surface area contributed by atoms with E-state index in [0.717, 1.165) is 55.9 Å². The number of nitrogens with one attached hydrogen (secondary N) is 1. The second-order valence-electron chi connectivity index (χ2n) is 6.92. The third-order valence-electron chi connectivity index (χ3n) is 4.88. The molecule has 7 nitrogen and oxygen atoms in total. The number of benzene rings is 1. The van der Waals surface area contributed by atoms with Crippen LogP contribution >= 0.6 is 0 Å². The van der Waals surface area contributed by atoms with Crippen molar-refractivity contribution in [3.63, 3.8) is 0 Å². The van der Waals surface area contributed by atoms with Crippen LogP contribution in [-0.2, 0) is 9.53 Å². The third kappa shape index (κ3) is 5.37. The van der Waals surface area contributed by atoms with Gasteiger partial charge in [0.1, 0.15) is 0 Å². The van der Waals surface area contributed by atoms with Crippen molar-refractivity contribution in [3.05, 3.63) is 30.0 Å². The van der Waals surface area contributed by atoms with Crippen molar-refractivity contribution in [2.45, 2.75) is 32.6 Å². The molecule has 0 atom stereocenters. The SMILES string of the molecule is Cc1nn(C(=O)CCCC(=O)NCCCN2CCOCC2)c2ccccc12. The van der Waals surface area contributed by atoms with Gasteiger partial charge < -0.3 is 10.1 Å². The lowest BCUT2D eigenvalue weighted by molar-refractivity contribution is -0.121. The van der Waals surface area contributed by atoms with E-state index in [4.69, 9.17) is 4.74 Å². The van der Waals surface area contributed by atoms with E-state index >= 15 is 0 Å². The quantitative estimate of drug-likeness (QED) is 0.717. The first kappa shape index (κ1) is 19.5. The predicted molar refractivity (Wildman–Crippen MR) is 104 cm³/mol. The van der Waals surface area contributed by atoms with Crippen molar-refractivity contribution in [2.75, 3.05) is 39.4 Å². The second-order valence-corrected chi connectivity index (χ2v) is 6.92. The summed E-state index contributed by atoms with van der Waals surface area (Å²) in [5.41, 5.74) is 1.67. The number of hydrogen-bond acceptors (Lipinski definition) is 5. The smallest absolute Gasteiger partial charge is 0.247 e. The average Bonchev–Trinajstić information content (AvgIpc) is 3.03. The summed E-state index contributed by atoms with van der Waals surface area (Å²) < 4.78 is 6.78. The Bertz CT molecular complexity index is 781. The summed E-state index contributed by atoms with van der Waals surface area (Å²) in [5, 5.41) is 8.27. The Kier molecular flexibility index (Phi) is 6.95. The van der Waals surface area contributed by atoms with Crippen LogP contribution in [0.1, 0.15) is 36.2 Å². The molecule has 0 bridgehead atoms. The van der Waals surface area contributed by atoms with Gasteiger partial charge in [-0.05, 0) is 32.4 Å². The molecule has 0 aliphatic carbocycles. The van der Waals surface area contributed by atoms with Gasteiger partial charge in [-0.1, -0.05) is 18.2 Å². The minimum atomic E-state index is -0.0700. The van der Waals surface area contributed by atoms with Crippen LogP contribution in [0.2, 0.25) is 0 Å². The molecule has 146 valence electrons. The highest BCUT2D eigenvalue weighted by Gasteiger charge is 2.14. The number of fused-ring (bicyclic) bond motifs is 1. The van der Waals surface area contributed by atoms with E-state index in [9.17, 15) is 9.59 Å². The molecular weight excluding hydrogens is 344 g/mol. The first-order valence-corrected chi connectivity index (χ1v) is 9.69. The molecule has 1 aliphatic rings. The maximum atomic E-state index is 12.4. The number of morpholine rings is 1. The van der Waals surface area contributed by atoms with E-state index in [1.54, 1.807) is 0 Å². The van der Waals surface area contributed by atoms with E-state index in [0.29, 0.717) is 25.8 Å². The van der Waals surface area contributed by atoms with Crippen LogP contribution in [0.25, 0.3) is 10.9 Å². The second kappa shape index (κ2) is 9.62. The lowest BCUT2D eigenvalue weighted by Gasteiger charge is -2.26. The fourth-order valence-corrected chi connectivity index (χ4v) is 3.36. The van der Waals surface area contributed by atoms with Gasteiger partial charge in [-0.3, -0.25) is 14.5 Å². The van der Waals surface area contributed by atoms with Crippen molar-refractivity contribution in [3.8, 4) is 0 Å². The number of ether oxygens (including phenoxy) is 1. The number of carbonyl (C=O) groups excluding carboxylic acids is 2. The number of carbonyl (C=O) groups is 2. The van der Waals surface area contributed by atoms with Crippen LogP contribution in [0.5, 0.6) is 0 Å². The summed E-state index contributed by atoms with van der Waals surface area (Å²) >= 11 is 0. The molecule has 7 heteroatoms. The van der Waals surface area contributed by atoms with Crippen molar-refractivity contribution >= 4 is 22.7 Å². The number of aromatic nitrogens is 2. The van der Waals surface area contributed by atoms with Gasteiger partial charge in [-0.15, -0.1) is 0 Å². The Morgan fingerprint density at radius 1 is 1.15 bits per heavy atom. The fraction of sp³-hybridized carbons (Fsp3) is 0.550. The Labute approximate surface area is 159 Å². The van der Waals surface area contributed by atoms with Crippen molar-refractivity contribution in [1.82, 2.24) is 20.0 Å². The number of aryl methyl sites for hydroxylation is 1. The topological polar surface area (TPSA) is 76.5 Å². The Morgan fingerprint density at radius 3 is 2.74 bits per heavy atom. The number of nitrogens with zero attached hydrogens (tertiary/aromatic N) is 3. The summed E-state index contributed by atoms with van der Waals surface area (Å²) in [6, 6.07) is 7.70. The van der Waals surface area contributed by atoms with Crippen LogP contribution in [-0.4, -0.2) is 65.9 Å². The minimum absolute atomic E-state index is 0.00582. The first-order chi connectivity index (χ1) is 13.1. The predicted octanol–water partition coefficient (Wildman–Crippen LogP) is 1.99. The average molecular weight is 372 g/mol. The maximum absolute atomic E-state index is 12.4. The largest absolute Gasteiger partial charge is 0.379 e. The Hall–Kier alpha value is -2.25. The molecule has 1 aliphatic heterocycles. The highest BCUT2D eigenvalue weighted by molar-refractivity contribution is 5.92. The van der Waals surface area contributed by atoms with E-state index in [1.807, 2.05) is 31.2 Å². The van der Waals surface area contributed by atoms with Crippen LogP contribution in [0.3, 0.4) is 0 Å². The van der Waals surface area contributed by atoms with Gasteiger partial charge >= 0.3 is 0 Å². The fourth-order valence-electron chi connectivity index (χ4n) is 3.36. The van der Waals surface area contributed by atoms with Crippen LogP contribution in [0.15, 0.2) is 24.3 Å². The van der Waals surface area contributed by atoms with Gasteiger partial charge in [0.2, 0.25) is 11.8 Å². The van der Waals surface area contributed by atoms with Gasteiger partial charge in [0.05, 0.1) is 24.4 Å². The molecule has 0 radical (unpaired) electrons. The summed E-state index contributed by atoms with van der Waals surface area (Å²) in [5.74, 6) is -0.0642. The molecule has 1 aromatic carbocycles. The Morgan fingerprint density at radius 2 is 1.93 bits per heavy atom. The highest BCUT2D eigenvalue weighted by atomic mass is 16.5. The zero-order valence-electron chi connectivity index (χ0n) is 15.9. The van der Waals surface area contributed by atoms with Crippen LogP contribution in [0, 0.1) is 6.92 Å². The highest BCUT2D eigenvalue weighted by Crippen LogP contribution is 2.18. The molecule has 1 amide bonds. The van der Waals surface area contributed by atoms with Gasteiger partial charge in [0.15, 0.2) is 0 Å². The number of rotatable bonds is 8. The third-order valence-corrected chi connectivity index (χ3v) is 4.88. The molecule has 2 heterocycles. The zero-order chi connectivity index (χ0) is 19.1. The minimum Gasteiger partial charge on any atom is -0.379 e. The van der Waals surface area contributed by atoms with Gasteiger partial charge in [-0.25, -0.2) is 0 Å². The molecule has 0 spiro atoms. The van der Waals surface area contributed by atoms with E-state index in [1.165, 1.54) is 4.68 Å². The molecule has 3 rings (SSSR count). The lowest BCUT2D eigenvalue weighted by Crippen LogP contribution is -2.38. The van der Waals surface area contributed by atoms with E-state index < -0.39 is 0 Å². The lowest BCUT2D eigenvalue weighted by atomic mass is 10.2. The molecule has 1 fully saturated rings. The van der Waals surface area contributed by atoms with Gasteiger partial charge in [0, 0.05) is 37.9 Å². The van der Waals surface area contributed by atoms with Crippen molar-refractivity contribution < 1.29 is 14.3 Å². The molecule has 1 N–H and O–H groups in total. The molecule has 2 aromatic rings. The van der Waals surface area contributed by atoms with E-state index in [2.05, 4.69) is 15.3 Å². The molecular formula is C20H28N4O3. The van der Waals surface area contributed by atoms with Gasteiger partial charge in [-0.2, -0.15) is 9.78 Å². The normalized spacial score (nSPS) is 15.1.